The van der Waals surface area contributed by atoms with E-state index in [0.29, 0.717) is 13.1 Å². The standard InChI is InChI=1S/C20H25N3O2/c1-15(17-7-3-5-9-19(17)24)22-13-11-21-12-14-23-16(2)18-8-4-6-10-20(18)25/h3-10,21,24-25H,11-14H2,1-2H3. The maximum atomic E-state index is 9.79. The first kappa shape index (κ1) is 18.7. The summed E-state index contributed by atoms with van der Waals surface area (Å²) in [5.41, 5.74) is 3.19. The van der Waals surface area contributed by atoms with Crippen LogP contribution in [0, 0.1) is 0 Å². The van der Waals surface area contributed by atoms with Crippen molar-refractivity contribution in [2.75, 3.05) is 26.2 Å². The first-order chi connectivity index (χ1) is 12.1. The zero-order valence-electron chi connectivity index (χ0n) is 14.7. The number of phenols is 2. The van der Waals surface area contributed by atoms with Crippen LogP contribution in [0.4, 0.5) is 0 Å². The smallest absolute Gasteiger partial charge is 0.124 e. The number of phenolic OH excluding ortho intramolecular Hbond substituents is 2. The van der Waals surface area contributed by atoms with Crippen molar-refractivity contribution in [2.24, 2.45) is 9.98 Å². The predicted molar refractivity (Wildman–Crippen MR) is 103 cm³/mol. The molecule has 2 rings (SSSR count). The van der Waals surface area contributed by atoms with E-state index in [1.807, 2.05) is 38.1 Å². The third-order valence-corrected chi connectivity index (χ3v) is 3.86. The fraction of sp³-hybridized carbons (Fsp3) is 0.300. The molecule has 132 valence electrons. The van der Waals surface area contributed by atoms with Gasteiger partial charge in [0.15, 0.2) is 0 Å². The van der Waals surface area contributed by atoms with Crippen LogP contribution < -0.4 is 5.32 Å². The number of para-hydroxylation sites is 2. The summed E-state index contributed by atoms with van der Waals surface area (Å²) in [6, 6.07) is 14.4. The van der Waals surface area contributed by atoms with Gasteiger partial charge < -0.3 is 15.5 Å². The molecule has 0 unspecified atom stereocenters. The Kier molecular flexibility index (Phi) is 7.16. The van der Waals surface area contributed by atoms with Gasteiger partial charge in [0, 0.05) is 35.6 Å². The van der Waals surface area contributed by atoms with Gasteiger partial charge in [0.05, 0.1) is 13.1 Å². The van der Waals surface area contributed by atoms with Crippen molar-refractivity contribution in [1.29, 1.82) is 0 Å². The fourth-order valence-corrected chi connectivity index (χ4v) is 2.46. The SMILES string of the molecule is CC(=NCCNCCN=C(C)c1ccccc1O)c1ccccc1O. The third kappa shape index (κ3) is 5.72. The van der Waals surface area contributed by atoms with Gasteiger partial charge in [-0.25, -0.2) is 0 Å². The maximum Gasteiger partial charge on any atom is 0.124 e. The second-order valence-corrected chi connectivity index (χ2v) is 5.72. The second kappa shape index (κ2) is 9.59. The molecule has 0 bridgehead atoms. The molecule has 0 atom stereocenters. The highest BCUT2D eigenvalue weighted by atomic mass is 16.3. The first-order valence-corrected chi connectivity index (χ1v) is 8.39. The van der Waals surface area contributed by atoms with E-state index >= 15 is 0 Å². The predicted octanol–water partition coefficient (Wildman–Crippen LogP) is 3.01. The van der Waals surface area contributed by atoms with Crippen molar-refractivity contribution in [3.05, 3.63) is 59.7 Å². The number of aromatic hydroxyl groups is 2. The molecule has 3 N–H and O–H groups in total. The summed E-state index contributed by atoms with van der Waals surface area (Å²) < 4.78 is 0. The van der Waals surface area contributed by atoms with Gasteiger partial charge in [-0.05, 0) is 38.1 Å². The number of benzene rings is 2. The highest BCUT2D eigenvalue weighted by molar-refractivity contribution is 6.01. The van der Waals surface area contributed by atoms with Gasteiger partial charge in [0.2, 0.25) is 0 Å². The molecule has 0 saturated carbocycles. The van der Waals surface area contributed by atoms with Crippen molar-refractivity contribution in [1.82, 2.24) is 5.32 Å². The minimum atomic E-state index is 0.255. The number of rotatable bonds is 8. The van der Waals surface area contributed by atoms with Crippen LogP contribution in [0.3, 0.4) is 0 Å². The van der Waals surface area contributed by atoms with Gasteiger partial charge in [-0.2, -0.15) is 0 Å². The van der Waals surface area contributed by atoms with E-state index in [0.717, 1.165) is 35.6 Å². The Bertz CT molecular complexity index is 691. The Labute approximate surface area is 148 Å². The van der Waals surface area contributed by atoms with Crippen molar-refractivity contribution in [2.45, 2.75) is 13.8 Å². The largest absolute Gasteiger partial charge is 0.507 e. The molecule has 0 heterocycles. The molecule has 2 aromatic carbocycles. The van der Waals surface area contributed by atoms with Crippen LogP contribution in [0.15, 0.2) is 58.5 Å². The van der Waals surface area contributed by atoms with Crippen LogP contribution in [0.1, 0.15) is 25.0 Å². The Morgan fingerprint density at radius 3 is 1.56 bits per heavy atom. The minimum absolute atomic E-state index is 0.255. The summed E-state index contributed by atoms with van der Waals surface area (Å²) >= 11 is 0. The van der Waals surface area contributed by atoms with E-state index in [2.05, 4.69) is 15.3 Å². The highest BCUT2D eigenvalue weighted by Gasteiger charge is 2.03. The number of nitrogens with one attached hydrogen (secondary N) is 1. The molecule has 0 aromatic heterocycles. The molecule has 2 aromatic rings. The molecule has 0 fully saturated rings. The Morgan fingerprint density at radius 2 is 1.16 bits per heavy atom. The van der Waals surface area contributed by atoms with Crippen LogP contribution in [-0.4, -0.2) is 47.8 Å². The quantitative estimate of drug-likeness (QED) is 0.511. The molecule has 0 aliphatic rings. The molecule has 5 nitrogen and oxygen atoms in total. The molecule has 0 radical (unpaired) electrons. The van der Waals surface area contributed by atoms with Crippen molar-refractivity contribution in [3.8, 4) is 11.5 Å². The molecule has 0 aliphatic carbocycles. The van der Waals surface area contributed by atoms with Crippen LogP contribution in [0.5, 0.6) is 11.5 Å². The lowest BCUT2D eigenvalue weighted by Crippen LogP contribution is -2.21. The van der Waals surface area contributed by atoms with Crippen molar-refractivity contribution in [3.63, 3.8) is 0 Å². The Hall–Kier alpha value is -2.66. The van der Waals surface area contributed by atoms with E-state index in [-0.39, 0.29) is 11.5 Å². The lowest BCUT2D eigenvalue weighted by Gasteiger charge is -2.06. The van der Waals surface area contributed by atoms with E-state index in [1.54, 1.807) is 24.3 Å². The lowest BCUT2D eigenvalue weighted by molar-refractivity contribution is 0.473. The van der Waals surface area contributed by atoms with Gasteiger partial charge in [-0.3, -0.25) is 9.98 Å². The second-order valence-electron chi connectivity index (χ2n) is 5.72. The van der Waals surface area contributed by atoms with Crippen molar-refractivity contribution < 1.29 is 10.2 Å². The minimum Gasteiger partial charge on any atom is -0.507 e. The monoisotopic (exact) mass is 339 g/mol. The molecule has 0 aliphatic heterocycles. The van der Waals surface area contributed by atoms with Gasteiger partial charge in [-0.15, -0.1) is 0 Å². The zero-order chi connectivity index (χ0) is 18.1. The summed E-state index contributed by atoms with van der Waals surface area (Å²) in [7, 11) is 0. The van der Waals surface area contributed by atoms with Crippen LogP contribution in [0.2, 0.25) is 0 Å². The van der Waals surface area contributed by atoms with Gasteiger partial charge in [-0.1, -0.05) is 24.3 Å². The highest BCUT2D eigenvalue weighted by Crippen LogP contribution is 2.17. The average molecular weight is 339 g/mol. The van der Waals surface area contributed by atoms with E-state index < -0.39 is 0 Å². The van der Waals surface area contributed by atoms with Gasteiger partial charge >= 0.3 is 0 Å². The normalized spacial score (nSPS) is 12.4. The lowest BCUT2D eigenvalue weighted by atomic mass is 10.1. The van der Waals surface area contributed by atoms with Crippen LogP contribution in [0.25, 0.3) is 0 Å². The number of hydrogen-bond donors (Lipinski definition) is 3. The molecular weight excluding hydrogens is 314 g/mol. The molecule has 0 amide bonds. The summed E-state index contributed by atoms with van der Waals surface area (Å²) in [6.45, 7) is 6.57. The summed E-state index contributed by atoms with van der Waals surface area (Å²) in [6.07, 6.45) is 0. The molecule has 5 heteroatoms. The summed E-state index contributed by atoms with van der Waals surface area (Å²) in [4.78, 5) is 8.94. The van der Waals surface area contributed by atoms with Gasteiger partial charge in [0.25, 0.3) is 0 Å². The average Bonchev–Trinajstić information content (AvgIpc) is 2.61. The molecule has 0 saturated heterocycles. The summed E-state index contributed by atoms with van der Waals surface area (Å²) in [5, 5.41) is 22.9. The Morgan fingerprint density at radius 1 is 0.760 bits per heavy atom. The molecule has 0 spiro atoms. The zero-order valence-corrected chi connectivity index (χ0v) is 14.7. The van der Waals surface area contributed by atoms with E-state index in [4.69, 9.17) is 0 Å². The first-order valence-electron chi connectivity index (χ1n) is 8.39. The van der Waals surface area contributed by atoms with Crippen LogP contribution in [-0.2, 0) is 0 Å². The topological polar surface area (TPSA) is 77.2 Å². The Balaban J connectivity index is 1.72. The fourth-order valence-electron chi connectivity index (χ4n) is 2.46. The number of nitrogens with zero attached hydrogens (tertiary/aromatic N) is 2. The van der Waals surface area contributed by atoms with Crippen molar-refractivity contribution >= 4 is 11.4 Å². The number of aliphatic imine (C=N–C) groups is 2. The van der Waals surface area contributed by atoms with E-state index in [9.17, 15) is 10.2 Å². The van der Waals surface area contributed by atoms with Crippen LogP contribution >= 0.6 is 0 Å². The third-order valence-electron chi connectivity index (χ3n) is 3.86. The molecule has 25 heavy (non-hydrogen) atoms. The maximum absolute atomic E-state index is 9.79. The molecular formula is C20H25N3O2. The van der Waals surface area contributed by atoms with Gasteiger partial charge in [0.1, 0.15) is 11.5 Å². The summed E-state index contributed by atoms with van der Waals surface area (Å²) in [5.74, 6) is 0.511. The number of hydrogen-bond acceptors (Lipinski definition) is 5. The van der Waals surface area contributed by atoms with E-state index in [1.165, 1.54) is 0 Å².